The average Bonchev–Trinajstić information content (AvgIpc) is 2.39. The lowest BCUT2D eigenvalue weighted by molar-refractivity contribution is 0.0735. The van der Waals surface area contributed by atoms with Crippen molar-refractivity contribution >= 4 is 5.91 Å². The van der Waals surface area contributed by atoms with E-state index >= 15 is 0 Å². The summed E-state index contributed by atoms with van der Waals surface area (Å²) >= 11 is 0. The van der Waals surface area contributed by atoms with E-state index in [1.54, 1.807) is 16.8 Å². The average molecular weight is 235 g/mol. The first-order chi connectivity index (χ1) is 8.22. The van der Waals surface area contributed by atoms with E-state index in [-0.39, 0.29) is 11.5 Å². The van der Waals surface area contributed by atoms with Crippen LogP contribution < -0.4 is 10.9 Å². The number of nitrogens with one attached hydrogen (secondary N) is 1. The van der Waals surface area contributed by atoms with Gasteiger partial charge in [-0.1, -0.05) is 0 Å². The lowest BCUT2D eigenvalue weighted by Gasteiger charge is -2.27. The van der Waals surface area contributed by atoms with Gasteiger partial charge in [0.15, 0.2) is 0 Å². The van der Waals surface area contributed by atoms with Crippen LogP contribution in [-0.4, -0.2) is 41.6 Å². The molecule has 0 radical (unpaired) electrons. The van der Waals surface area contributed by atoms with Crippen LogP contribution in [0, 0.1) is 0 Å². The number of piperazine rings is 1. The predicted octanol–water partition coefficient (Wildman–Crippen LogP) is -0.0864. The molecule has 1 aliphatic heterocycles. The Kier molecular flexibility index (Phi) is 3.58. The highest BCUT2D eigenvalue weighted by atomic mass is 16.2. The number of aryl methyl sites for hydroxylation is 1. The second-order valence-electron chi connectivity index (χ2n) is 4.08. The predicted molar refractivity (Wildman–Crippen MR) is 65.1 cm³/mol. The molecule has 0 bridgehead atoms. The van der Waals surface area contributed by atoms with Crippen molar-refractivity contribution in [3.63, 3.8) is 0 Å². The summed E-state index contributed by atoms with van der Waals surface area (Å²) in [5.74, 6) is 0.00806. The minimum atomic E-state index is -0.0654. The molecule has 1 aliphatic rings. The standard InChI is InChI=1S/C12H17N3O2/c1-2-14-9-10(3-4-11(14)16)12(17)15-7-5-13-6-8-15/h3-4,9,13H,2,5-8H2,1H3. The molecule has 0 spiro atoms. The van der Waals surface area contributed by atoms with E-state index in [1.807, 2.05) is 11.8 Å². The van der Waals surface area contributed by atoms with E-state index < -0.39 is 0 Å². The molecule has 2 rings (SSSR count). The van der Waals surface area contributed by atoms with Crippen molar-refractivity contribution in [2.45, 2.75) is 13.5 Å². The van der Waals surface area contributed by atoms with E-state index in [9.17, 15) is 9.59 Å². The van der Waals surface area contributed by atoms with Crippen molar-refractivity contribution in [1.82, 2.24) is 14.8 Å². The Morgan fingerprint density at radius 3 is 2.71 bits per heavy atom. The maximum atomic E-state index is 12.2. The fourth-order valence-corrected chi connectivity index (χ4v) is 1.96. The van der Waals surface area contributed by atoms with Gasteiger partial charge in [-0.25, -0.2) is 0 Å². The van der Waals surface area contributed by atoms with Crippen molar-refractivity contribution in [2.24, 2.45) is 0 Å². The monoisotopic (exact) mass is 235 g/mol. The summed E-state index contributed by atoms with van der Waals surface area (Å²) in [5, 5.41) is 3.20. The lowest BCUT2D eigenvalue weighted by Crippen LogP contribution is -2.46. The van der Waals surface area contributed by atoms with Gasteiger partial charge >= 0.3 is 0 Å². The second-order valence-corrected chi connectivity index (χ2v) is 4.08. The molecule has 92 valence electrons. The Morgan fingerprint density at radius 2 is 2.06 bits per heavy atom. The quantitative estimate of drug-likeness (QED) is 0.779. The van der Waals surface area contributed by atoms with Gasteiger partial charge < -0.3 is 14.8 Å². The van der Waals surface area contributed by atoms with E-state index in [0.717, 1.165) is 26.2 Å². The number of carbonyl (C=O) groups excluding carboxylic acids is 1. The molecule has 1 aromatic heterocycles. The number of hydrogen-bond acceptors (Lipinski definition) is 3. The number of pyridine rings is 1. The molecule has 1 amide bonds. The maximum Gasteiger partial charge on any atom is 0.255 e. The topological polar surface area (TPSA) is 54.3 Å². The fourth-order valence-electron chi connectivity index (χ4n) is 1.96. The van der Waals surface area contributed by atoms with Gasteiger partial charge in [-0.15, -0.1) is 0 Å². The minimum Gasteiger partial charge on any atom is -0.336 e. The van der Waals surface area contributed by atoms with Gasteiger partial charge in [0.25, 0.3) is 11.5 Å². The zero-order chi connectivity index (χ0) is 12.3. The van der Waals surface area contributed by atoms with Crippen molar-refractivity contribution in [3.8, 4) is 0 Å². The number of aromatic nitrogens is 1. The highest BCUT2D eigenvalue weighted by molar-refractivity contribution is 5.94. The van der Waals surface area contributed by atoms with E-state index in [4.69, 9.17) is 0 Å². The van der Waals surface area contributed by atoms with E-state index in [2.05, 4.69) is 5.32 Å². The Labute approximate surface area is 100 Å². The van der Waals surface area contributed by atoms with Crippen LogP contribution in [0.5, 0.6) is 0 Å². The number of hydrogen-bond donors (Lipinski definition) is 1. The first-order valence-electron chi connectivity index (χ1n) is 5.93. The van der Waals surface area contributed by atoms with Gasteiger partial charge in [-0.3, -0.25) is 9.59 Å². The first kappa shape index (κ1) is 11.9. The molecule has 5 heteroatoms. The Balaban J connectivity index is 2.21. The summed E-state index contributed by atoms with van der Waals surface area (Å²) in [7, 11) is 0. The van der Waals surface area contributed by atoms with E-state index in [0.29, 0.717) is 12.1 Å². The number of nitrogens with zero attached hydrogens (tertiary/aromatic N) is 2. The van der Waals surface area contributed by atoms with Gasteiger partial charge in [0, 0.05) is 45.0 Å². The molecule has 0 atom stereocenters. The lowest BCUT2D eigenvalue weighted by atomic mass is 10.2. The maximum absolute atomic E-state index is 12.2. The largest absolute Gasteiger partial charge is 0.336 e. The summed E-state index contributed by atoms with van der Waals surface area (Å²) in [6.45, 7) is 5.59. The van der Waals surface area contributed by atoms with Crippen LogP contribution in [-0.2, 0) is 6.54 Å². The molecule has 17 heavy (non-hydrogen) atoms. The highest BCUT2D eigenvalue weighted by Gasteiger charge is 2.18. The summed E-state index contributed by atoms with van der Waals surface area (Å²) < 4.78 is 1.55. The van der Waals surface area contributed by atoms with Crippen molar-refractivity contribution < 1.29 is 4.79 Å². The van der Waals surface area contributed by atoms with Crippen LogP contribution in [0.3, 0.4) is 0 Å². The number of rotatable bonds is 2. The zero-order valence-corrected chi connectivity index (χ0v) is 9.98. The van der Waals surface area contributed by atoms with Crippen LogP contribution in [0.1, 0.15) is 17.3 Å². The number of carbonyl (C=O) groups is 1. The van der Waals surface area contributed by atoms with Crippen LogP contribution in [0.2, 0.25) is 0 Å². The van der Waals surface area contributed by atoms with Crippen LogP contribution >= 0.6 is 0 Å². The molecule has 1 fully saturated rings. The molecular weight excluding hydrogens is 218 g/mol. The van der Waals surface area contributed by atoms with Gasteiger partial charge in [-0.2, -0.15) is 0 Å². The second kappa shape index (κ2) is 5.14. The molecule has 5 nitrogen and oxygen atoms in total. The molecule has 2 heterocycles. The summed E-state index contributed by atoms with van der Waals surface area (Å²) in [6.07, 6.45) is 1.65. The summed E-state index contributed by atoms with van der Waals surface area (Å²) in [4.78, 5) is 25.4. The molecule has 0 saturated carbocycles. The minimum absolute atomic E-state index is 0.00806. The van der Waals surface area contributed by atoms with Crippen LogP contribution in [0.4, 0.5) is 0 Å². The third kappa shape index (κ3) is 2.55. The molecule has 0 aromatic carbocycles. The third-order valence-corrected chi connectivity index (χ3v) is 2.98. The van der Waals surface area contributed by atoms with Crippen molar-refractivity contribution in [3.05, 3.63) is 34.2 Å². The smallest absolute Gasteiger partial charge is 0.255 e. The summed E-state index contributed by atoms with van der Waals surface area (Å²) in [5.41, 5.74) is 0.526. The SMILES string of the molecule is CCn1cc(C(=O)N2CCNCC2)ccc1=O. The third-order valence-electron chi connectivity index (χ3n) is 2.98. The Bertz CT molecular complexity index is 461. The summed E-state index contributed by atoms with van der Waals surface area (Å²) in [6, 6.07) is 3.07. The van der Waals surface area contributed by atoms with Crippen molar-refractivity contribution in [2.75, 3.05) is 26.2 Å². The highest BCUT2D eigenvalue weighted by Crippen LogP contribution is 2.04. The van der Waals surface area contributed by atoms with Crippen LogP contribution in [0.25, 0.3) is 0 Å². The Hall–Kier alpha value is -1.62. The van der Waals surface area contributed by atoms with Gasteiger partial charge in [0.2, 0.25) is 0 Å². The van der Waals surface area contributed by atoms with E-state index in [1.165, 1.54) is 6.07 Å². The molecular formula is C12H17N3O2. The number of amides is 1. The van der Waals surface area contributed by atoms with Gasteiger partial charge in [0.1, 0.15) is 0 Å². The van der Waals surface area contributed by atoms with Gasteiger partial charge in [0.05, 0.1) is 5.56 Å². The molecule has 0 unspecified atom stereocenters. The zero-order valence-electron chi connectivity index (χ0n) is 9.98. The fraction of sp³-hybridized carbons (Fsp3) is 0.500. The molecule has 1 aromatic rings. The van der Waals surface area contributed by atoms with Crippen LogP contribution in [0.15, 0.2) is 23.1 Å². The Morgan fingerprint density at radius 1 is 1.35 bits per heavy atom. The molecule has 1 saturated heterocycles. The molecule has 0 aliphatic carbocycles. The normalized spacial score (nSPS) is 15.9. The molecule has 1 N–H and O–H groups in total. The van der Waals surface area contributed by atoms with Crippen molar-refractivity contribution in [1.29, 1.82) is 0 Å². The van der Waals surface area contributed by atoms with Gasteiger partial charge in [-0.05, 0) is 13.0 Å². The first-order valence-corrected chi connectivity index (χ1v) is 5.93.